The summed E-state index contributed by atoms with van der Waals surface area (Å²) >= 11 is 0. The molecule has 4 nitrogen and oxygen atoms in total. The van der Waals surface area contributed by atoms with Crippen molar-refractivity contribution in [3.8, 4) is 5.69 Å². The van der Waals surface area contributed by atoms with Crippen LogP contribution in [-0.2, 0) is 12.8 Å². The van der Waals surface area contributed by atoms with Gasteiger partial charge in [-0.15, -0.1) is 6.58 Å². The van der Waals surface area contributed by atoms with Gasteiger partial charge in [-0.05, 0) is 37.8 Å². The Labute approximate surface area is 124 Å². The number of fused-ring (bicyclic) bond motifs is 1. The minimum Gasteiger partial charge on any atom is -0.347 e. The maximum absolute atomic E-state index is 12.3. The predicted molar refractivity (Wildman–Crippen MR) is 82.7 cm³/mol. The highest BCUT2D eigenvalue weighted by molar-refractivity contribution is 5.94. The van der Waals surface area contributed by atoms with Crippen LogP contribution < -0.4 is 5.32 Å². The number of aromatic nitrogens is 2. The average molecular weight is 281 g/mol. The largest absolute Gasteiger partial charge is 0.347 e. The van der Waals surface area contributed by atoms with Crippen molar-refractivity contribution in [2.24, 2.45) is 0 Å². The number of rotatable bonds is 4. The van der Waals surface area contributed by atoms with E-state index in [1.54, 1.807) is 6.08 Å². The summed E-state index contributed by atoms with van der Waals surface area (Å²) in [7, 11) is 0. The lowest BCUT2D eigenvalue weighted by molar-refractivity contribution is 0.0951. The summed E-state index contributed by atoms with van der Waals surface area (Å²) in [5.74, 6) is -0.109. The number of carbonyl (C=O) groups is 1. The van der Waals surface area contributed by atoms with E-state index in [1.807, 2.05) is 35.0 Å². The molecule has 1 amide bonds. The van der Waals surface area contributed by atoms with E-state index in [-0.39, 0.29) is 5.91 Å². The first-order chi connectivity index (χ1) is 10.3. The topological polar surface area (TPSA) is 46.9 Å². The number of hydrogen-bond donors (Lipinski definition) is 1. The third kappa shape index (κ3) is 2.61. The molecule has 1 aromatic heterocycles. The zero-order chi connectivity index (χ0) is 14.7. The lowest BCUT2D eigenvalue weighted by Gasteiger charge is -2.14. The van der Waals surface area contributed by atoms with Crippen molar-refractivity contribution in [1.82, 2.24) is 15.1 Å². The van der Waals surface area contributed by atoms with Gasteiger partial charge in [0.2, 0.25) is 0 Å². The highest BCUT2D eigenvalue weighted by atomic mass is 16.1. The highest BCUT2D eigenvalue weighted by Gasteiger charge is 2.25. The summed E-state index contributed by atoms with van der Waals surface area (Å²) in [6.45, 7) is 4.09. The van der Waals surface area contributed by atoms with Gasteiger partial charge in [0, 0.05) is 17.8 Å². The van der Waals surface area contributed by atoms with E-state index in [1.165, 1.54) is 5.69 Å². The van der Waals surface area contributed by atoms with Gasteiger partial charge in [0.05, 0.1) is 5.69 Å². The Morgan fingerprint density at radius 3 is 2.81 bits per heavy atom. The van der Waals surface area contributed by atoms with Crippen LogP contribution in [0.3, 0.4) is 0 Å². The molecule has 1 heterocycles. The van der Waals surface area contributed by atoms with Gasteiger partial charge >= 0.3 is 0 Å². The third-order valence-electron chi connectivity index (χ3n) is 3.80. The Bertz CT molecular complexity index is 658. The summed E-state index contributed by atoms with van der Waals surface area (Å²) in [6, 6.07) is 10.0. The van der Waals surface area contributed by atoms with Crippen LogP contribution in [0.1, 0.15) is 34.6 Å². The van der Waals surface area contributed by atoms with E-state index in [9.17, 15) is 4.79 Å². The van der Waals surface area contributed by atoms with Crippen molar-refractivity contribution in [3.05, 3.63) is 59.9 Å². The molecule has 0 saturated heterocycles. The summed E-state index contributed by atoms with van der Waals surface area (Å²) in [5, 5.41) is 7.42. The summed E-state index contributed by atoms with van der Waals surface area (Å²) in [4.78, 5) is 12.3. The molecule has 108 valence electrons. The standard InChI is InChI=1S/C17H19N3O/c1-2-12-18-17(21)16-14-10-6-7-11-15(14)20(19-16)13-8-4-3-5-9-13/h2-5,8-9H,1,6-7,10-12H2,(H,18,21). The molecule has 3 rings (SSSR count). The summed E-state index contributed by atoms with van der Waals surface area (Å²) < 4.78 is 1.93. The van der Waals surface area contributed by atoms with Crippen molar-refractivity contribution in [2.75, 3.05) is 6.54 Å². The maximum atomic E-state index is 12.3. The summed E-state index contributed by atoms with van der Waals surface area (Å²) in [5.41, 5.74) is 3.86. The minimum atomic E-state index is -0.109. The molecule has 21 heavy (non-hydrogen) atoms. The van der Waals surface area contributed by atoms with Gasteiger partial charge < -0.3 is 5.32 Å². The number of carbonyl (C=O) groups excluding carboxylic acids is 1. The van der Waals surface area contributed by atoms with Gasteiger partial charge in [-0.2, -0.15) is 5.10 Å². The van der Waals surface area contributed by atoms with Crippen LogP contribution in [0.2, 0.25) is 0 Å². The lowest BCUT2D eigenvalue weighted by Crippen LogP contribution is -2.25. The number of benzene rings is 1. The Balaban J connectivity index is 2.04. The second-order valence-electron chi connectivity index (χ2n) is 5.23. The predicted octanol–water partition coefficient (Wildman–Crippen LogP) is 2.67. The molecule has 1 aliphatic rings. The van der Waals surface area contributed by atoms with Gasteiger partial charge in [0.25, 0.3) is 5.91 Å². The van der Waals surface area contributed by atoms with Crippen molar-refractivity contribution in [1.29, 1.82) is 0 Å². The van der Waals surface area contributed by atoms with Crippen LogP contribution in [0.4, 0.5) is 0 Å². The van der Waals surface area contributed by atoms with Crippen molar-refractivity contribution in [3.63, 3.8) is 0 Å². The van der Waals surface area contributed by atoms with E-state index >= 15 is 0 Å². The number of amides is 1. The van der Waals surface area contributed by atoms with Crippen molar-refractivity contribution >= 4 is 5.91 Å². The molecule has 0 unspecified atom stereocenters. The maximum Gasteiger partial charge on any atom is 0.272 e. The van der Waals surface area contributed by atoms with Crippen LogP contribution in [0, 0.1) is 0 Å². The van der Waals surface area contributed by atoms with Crippen LogP contribution in [0.15, 0.2) is 43.0 Å². The van der Waals surface area contributed by atoms with Crippen LogP contribution in [0.5, 0.6) is 0 Å². The Morgan fingerprint density at radius 2 is 2.05 bits per heavy atom. The van der Waals surface area contributed by atoms with E-state index in [0.717, 1.165) is 36.9 Å². The van der Waals surface area contributed by atoms with Crippen molar-refractivity contribution < 1.29 is 4.79 Å². The number of nitrogens with zero attached hydrogens (tertiary/aromatic N) is 2. The Morgan fingerprint density at radius 1 is 1.29 bits per heavy atom. The molecular weight excluding hydrogens is 262 g/mol. The van der Waals surface area contributed by atoms with Crippen LogP contribution >= 0.6 is 0 Å². The Kier molecular flexibility index (Phi) is 3.86. The Hall–Kier alpha value is -2.36. The molecule has 0 radical (unpaired) electrons. The zero-order valence-electron chi connectivity index (χ0n) is 12.0. The average Bonchev–Trinajstić information content (AvgIpc) is 2.93. The van der Waals surface area contributed by atoms with Crippen molar-refractivity contribution in [2.45, 2.75) is 25.7 Å². The molecule has 1 aliphatic carbocycles. The molecular formula is C17H19N3O. The van der Waals surface area contributed by atoms with E-state index in [4.69, 9.17) is 0 Å². The SMILES string of the molecule is C=CCNC(=O)c1nn(-c2ccccc2)c2c1CCCC2. The second kappa shape index (κ2) is 5.95. The van der Waals surface area contributed by atoms with Gasteiger partial charge in [0.1, 0.15) is 0 Å². The smallest absolute Gasteiger partial charge is 0.272 e. The molecule has 0 fully saturated rings. The number of nitrogens with one attached hydrogen (secondary N) is 1. The fraction of sp³-hybridized carbons (Fsp3) is 0.294. The first-order valence-corrected chi connectivity index (χ1v) is 7.36. The summed E-state index contributed by atoms with van der Waals surface area (Å²) in [6.07, 6.45) is 5.86. The molecule has 1 aromatic carbocycles. The van der Waals surface area contributed by atoms with E-state index in [0.29, 0.717) is 12.2 Å². The molecule has 0 saturated carbocycles. The highest BCUT2D eigenvalue weighted by Crippen LogP contribution is 2.26. The third-order valence-corrected chi connectivity index (χ3v) is 3.80. The monoisotopic (exact) mass is 281 g/mol. The second-order valence-corrected chi connectivity index (χ2v) is 5.23. The van der Waals surface area contributed by atoms with Gasteiger partial charge in [-0.1, -0.05) is 24.3 Å². The number of hydrogen-bond acceptors (Lipinski definition) is 2. The quantitative estimate of drug-likeness (QED) is 0.876. The van der Waals surface area contributed by atoms with E-state index < -0.39 is 0 Å². The molecule has 1 N–H and O–H groups in total. The lowest BCUT2D eigenvalue weighted by atomic mass is 9.95. The molecule has 4 heteroatoms. The normalized spacial score (nSPS) is 13.5. The fourth-order valence-corrected chi connectivity index (χ4v) is 2.81. The fourth-order valence-electron chi connectivity index (χ4n) is 2.81. The molecule has 2 aromatic rings. The molecule has 0 aliphatic heterocycles. The molecule has 0 atom stereocenters. The van der Waals surface area contributed by atoms with E-state index in [2.05, 4.69) is 17.0 Å². The first kappa shape index (κ1) is 13.6. The number of para-hydroxylation sites is 1. The first-order valence-electron chi connectivity index (χ1n) is 7.36. The molecule has 0 spiro atoms. The zero-order valence-corrected chi connectivity index (χ0v) is 12.0. The van der Waals surface area contributed by atoms with Crippen LogP contribution in [-0.4, -0.2) is 22.2 Å². The van der Waals surface area contributed by atoms with Gasteiger partial charge in [0.15, 0.2) is 5.69 Å². The minimum absolute atomic E-state index is 0.109. The molecule has 0 bridgehead atoms. The van der Waals surface area contributed by atoms with Gasteiger partial charge in [-0.3, -0.25) is 4.79 Å². The van der Waals surface area contributed by atoms with Crippen LogP contribution in [0.25, 0.3) is 5.69 Å². The van der Waals surface area contributed by atoms with Gasteiger partial charge in [-0.25, -0.2) is 4.68 Å².